The van der Waals surface area contributed by atoms with E-state index in [9.17, 15) is 4.79 Å². The molecule has 3 nitrogen and oxygen atoms in total. The van der Waals surface area contributed by atoms with Crippen molar-refractivity contribution in [1.82, 2.24) is 4.98 Å². The number of halogens is 2. The molecule has 4 rings (SSSR count). The van der Waals surface area contributed by atoms with Gasteiger partial charge in [0.15, 0.2) is 0 Å². The van der Waals surface area contributed by atoms with Gasteiger partial charge in [-0.3, -0.25) is 0 Å². The van der Waals surface area contributed by atoms with Gasteiger partial charge in [0, 0.05) is 16.0 Å². The summed E-state index contributed by atoms with van der Waals surface area (Å²) in [5, 5.41) is 1.76. The zero-order valence-corrected chi connectivity index (χ0v) is 19.0. The van der Waals surface area contributed by atoms with E-state index < -0.39 is 5.97 Å². The highest BCUT2D eigenvalue weighted by atomic mass is 35.5. The first kappa shape index (κ1) is 21.4. The first-order chi connectivity index (χ1) is 14.9. The summed E-state index contributed by atoms with van der Waals surface area (Å²) in [6.45, 7) is 6.06. The number of fused-ring (bicyclic) bond motifs is 1. The quantitative estimate of drug-likeness (QED) is 0.237. The van der Waals surface area contributed by atoms with Crippen LogP contribution in [0.25, 0.3) is 22.2 Å². The molecule has 0 aliphatic carbocycles. The number of carbonyl (C=O) groups excluding carboxylic acids is 1. The number of benzene rings is 3. The fourth-order valence-electron chi connectivity index (χ4n) is 3.64. The lowest BCUT2D eigenvalue weighted by atomic mass is 10.00. The highest BCUT2D eigenvalue weighted by Gasteiger charge is 2.19. The highest BCUT2D eigenvalue weighted by molar-refractivity contribution is 6.36. The van der Waals surface area contributed by atoms with Gasteiger partial charge in [0.2, 0.25) is 0 Å². The van der Waals surface area contributed by atoms with Gasteiger partial charge in [-0.1, -0.05) is 53.9 Å². The molecule has 0 radical (unpaired) electrons. The van der Waals surface area contributed by atoms with Crippen LogP contribution in [0.15, 0.2) is 60.7 Å². The Labute approximate surface area is 191 Å². The third-order valence-electron chi connectivity index (χ3n) is 5.22. The minimum Gasteiger partial charge on any atom is -0.423 e. The Bertz CT molecular complexity index is 1300. The lowest BCUT2D eigenvalue weighted by molar-refractivity contribution is 0.0737. The number of carbonyl (C=O) groups is 1. The first-order valence-corrected chi connectivity index (χ1v) is 10.8. The van der Waals surface area contributed by atoms with Crippen LogP contribution in [0.4, 0.5) is 0 Å². The number of rotatable bonds is 4. The zero-order valence-electron chi connectivity index (χ0n) is 17.5. The summed E-state index contributed by atoms with van der Waals surface area (Å²) in [5.41, 5.74) is 5.68. The first-order valence-electron chi connectivity index (χ1n) is 10.0. The molecule has 0 amide bonds. The van der Waals surface area contributed by atoms with Crippen LogP contribution in [0.5, 0.6) is 5.75 Å². The monoisotopic (exact) mass is 449 g/mol. The van der Waals surface area contributed by atoms with Gasteiger partial charge in [0.05, 0.1) is 21.8 Å². The van der Waals surface area contributed by atoms with Gasteiger partial charge in [-0.15, -0.1) is 0 Å². The molecule has 0 aliphatic heterocycles. The van der Waals surface area contributed by atoms with E-state index in [1.165, 1.54) is 5.56 Å². The van der Waals surface area contributed by atoms with Crippen LogP contribution in [-0.2, 0) is 6.42 Å². The fraction of sp³-hybridized carbons (Fsp3) is 0.154. The summed E-state index contributed by atoms with van der Waals surface area (Å²) in [5.74, 6) is 0.0654. The van der Waals surface area contributed by atoms with Crippen molar-refractivity contribution in [2.24, 2.45) is 0 Å². The molecule has 1 aromatic heterocycles. The van der Waals surface area contributed by atoms with Crippen molar-refractivity contribution in [2.45, 2.75) is 27.2 Å². The lowest BCUT2D eigenvalue weighted by Gasteiger charge is -2.13. The van der Waals surface area contributed by atoms with Crippen LogP contribution in [-0.4, -0.2) is 11.0 Å². The van der Waals surface area contributed by atoms with E-state index in [4.69, 9.17) is 32.9 Å². The number of ether oxygens (including phenoxy) is 1. The second-order valence-electron chi connectivity index (χ2n) is 7.54. The third-order valence-corrected chi connectivity index (χ3v) is 5.77. The number of pyridine rings is 1. The van der Waals surface area contributed by atoms with E-state index in [0.29, 0.717) is 32.6 Å². The molecule has 4 aromatic rings. The van der Waals surface area contributed by atoms with Crippen LogP contribution in [0.2, 0.25) is 10.0 Å². The second-order valence-corrected chi connectivity index (χ2v) is 8.39. The third kappa shape index (κ3) is 4.43. The van der Waals surface area contributed by atoms with Crippen molar-refractivity contribution < 1.29 is 9.53 Å². The Morgan fingerprint density at radius 1 is 0.968 bits per heavy atom. The fourth-order valence-corrected chi connectivity index (χ4v) is 4.15. The zero-order chi connectivity index (χ0) is 22.1. The van der Waals surface area contributed by atoms with Gasteiger partial charge in [0.1, 0.15) is 5.75 Å². The van der Waals surface area contributed by atoms with Crippen molar-refractivity contribution in [2.75, 3.05) is 0 Å². The van der Waals surface area contributed by atoms with E-state index >= 15 is 0 Å². The molecule has 1 heterocycles. The molecule has 0 atom stereocenters. The van der Waals surface area contributed by atoms with Crippen LogP contribution >= 0.6 is 23.2 Å². The Morgan fingerprint density at radius 2 is 1.71 bits per heavy atom. The lowest BCUT2D eigenvalue weighted by Crippen LogP contribution is -2.10. The number of aryl methyl sites for hydroxylation is 3. The van der Waals surface area contributed by atoms with Gasteiger partial charge in [-0.2, -0.15) is 0 Å². The largest absolute Gasteiger partial charge is 0.423 e. The van der Waals surface area contributed by atoms with Crippen molar-refractivity contribution >= 4 is 40.1 Å². The number of nitrogens with zero attached hydrogens (tertiary/aromatic N) is 1. The van der Waals surface area contributed by atoms with Gasteiger partial charge in [-0.25, -0.2) is 9.78 Å². The topological polar surface area (TPSA) is 39.2 Å². The number of aromatic nitrogens is 1. The van der Waals surface area contributed by atoms with Crippen LogP contribution < -0.4 is 4.74 Å². The summed E-state index contributed by atoms with van der Waals surface area (Å²) < 4.78 is 5.71. The van der Waals surface area contributed by atoms with E-state index in [2.05, 4.69) is 6.92 Å². The second kappa shape index (κ2) is 8.70. The standard InChI is InChI=1S/C26H21Cl2NO2/c1-4-17-5-8-19(9-6-17)31-26(30)22-14-24(20-10-7-18(27)13-23(20)28)29-25-16(3)11-15(2)12-21(22)25/h5-14H,4H2,1-3H3. The maximum absolute atomic E-state index is 13.2. The van der Waals surface area contributed by atoms with E-state index in [1.807, 2.05) is 50.2 Å². The van der Waals surface area contributed by atoms with Crippen molar-refractivity contribution in [3.63, 3.8) is 0 Å². The molecule has 0 N–H and O–H groups in total. The molecule has 0 bridgehead atoms. The maximum Gasteiger partial charge on any atom is 0.344 e. The Hall–Kier alpha value is -2.88. The molecule has 156 valence electrons. The van der Waals surface area contributed by atoms with Crippen molar-refractivity contribution in [3.8, 4) is 17.0 Å². The highest BCUT2D eigenvalue weighted by Crippen LogP contribution is 2.33. The summed E-state index contributed by atoms with van der Waals surface area (Å²) in [6.07, 6.45) is 0.924. The van der Waals surface area contributed by atoms with Crippen LogP contribution in [0.3, 0.4) is 0 Å². The summed E-state index contributed by atoms with van der Waals surface area (Å²) >= 11 is 12.5. The van der Waals surface area contributed by atoms with E-state index in [1.54, 1.807) is 24.3 Å². The van der Waals surface area contributed by atoms with Gasteiger partial charge in [0.25, 0.3) is 0 Å². The van der Waals surface area contributed by atoms with Gasteiger partial charge < -0.3 is 4.74 Å². The normalized spacial score (nSPS) is 11.0. The Morgan fingerprint density at radius 3 is 2.39 bits per heavy atom. The molecule has 0 saturated heterocycles. The smallest absolute Gasteiger partial charge is 0.344 e. The summed E-state index contributed by atoms with van der Waals surface area (Å²) in [4.78, 5) is 18.0. The molecule has 0 aliphatic rings. The summed E-state index contributed by atoms with van der Waals surface area (Å²) in [6, 6.07) is 18.5. The Balaban J connectivity index is 1.86. The summed E-state index contributed by atoms with van der Waals surface area (Å²) in [7, 11) is 0. The minimum absolute atomic E-state index is 0.437. The maximum atomic E-state index is 13.2. The molecule has 0 spiro atoms. The molecule has 3 aromatic carbocycles. The molecule has 31 heavy (non-hydrogen) atoms. The number of esters is 1. The average Bonchev–Trinajstić information content (AvgIpc) is 2.74. The molecular formula is C26H21Cl2NO2. The molecule has 0 unspecified atom stereocenters. The molecule has 0 saturated carbocycles. The molecular weight excluding hydrogens is 429 g/mol. The van der Waals surface area contributed by atoms with Crippen molar-refractivity contribution in [1.29, 1.82) is 0 Å². The average molecular weight is 450 g/mol. The van der Waals surface area contributed by atoms with Gasteiger partial charge >= 0.3 is 5.97 Å². The van der Waals surface area contributed by atoms with Crippen molar-refractivity contribution in [3.05, 3.63) is 93.0 Å². The van der Waals surface area contributed by atoms with Gasteiger partial charge in [-0.05, 0) is 73.9 Å². The van der Waals surface area contributed by atoms with E-state index in [-0.39, 0.29) is 0 Å². The van der Waals surface area contributed by atoms with E-state index in [0.717, 1.165) is 28.5 Å². The van der Waals surface area contributed by atoms with Crippen LogP contribution in [0.1, 0.15) is 34.0 Å². The SMILES string of the molecule is CCc1ccc(OC(=O)c2cc(-c3ccc(Cl)cc3Cl)nc3c(C)cc(C)cc23)cc1. The van der Waals surface area contributed by atoms with Crippen LogP contribution in [0, 0.1) is 13.8 Å². The predicted octanol–water partition coefficient (Wildman–Crippen LogP) is 7.61. The number of hydrogen-bond acceptors (Lipinski definition) is 3. The number of hydrogen-bond donors (Lipinski definition) is 0. The molecule has 0 fully saturated rings. The Kier molecular flexibility index (Phi) is 5.99. The minimum atomic E-state index is -0.437. The predicted molar refractivity (Wildman–Crippen MR) is 127 cm³/mol. The molecule has 5 heteroatoms.